The average molecular weight is 139 g/mol. The smallest absolute Gasteiger partial charge is 0.0192 e. The summed E-state index contributed by atoms with van der Waals surface area (Å²) in [5.41, 5.74) is 3.27. The van der Waals surface area contributed by atoms with E-state index >= 15 is 0 Å². The van der Waals surface area contributed by atoms with Gasteiger partial charge in [0.05, 0.1) is 0 Å². The fourth-order valence-electron chi connectivity index (χ4n) is 1.49. The van der Waals surface area contributed by atoms with Gasteiger partial charge < -0.3 is 4.90 Å². The third kappa shape index (κ3) is 1.60. The molecule has 0 spiro atoms. The SMILES string of the molecule is CCC1=C(C)CCN(C)C1. The van der Waals surface area contributed by atoms with E-state index in [1.54, 1.807) is 11.1 Å². The van der Waals surface area contributed by atoms with Gasteiger partial charge in [0, 0.05) is 13.1 Å². The van der Waals surface area contributed by atoms with Crippen LogP contribution in [-0.4, -0.2) is 25.0 Å². The van der Waals surface area contributed by atoms with E-state index in [9.17, 15) is 0 Å². The lowest BCUT2D eigenvalue weighted by Crippen LogP contribution is -2.27. The Morgan fingerprint density at radius 3 is 2.70 bits per heavy atom. The third-order valence-electron chi connectivity index (χ3n) is 2.36. The normalized spacial score (nSPS) is 21.9. The van der Waals surface area contributed by atoms with Gasteiger partial charge in [0.15, 0.2) is 0 Å². The van der Waals surface area contributed by atoms with E-state index < -0.39 is 0 Å². The quantitative estimate of drug-likeness (QED) is 0.502. The minimum atomic E-state index is 1.20. The summed E-state index contributed by atoms with van der Waals surface area (Å²) in [7, 11) is 2.20. The maximum atomic E-state index is 2.39. The molecule has 58 valence electrons. The van der Waals surface area contributed by atoms with Gasteiger partial charge in [0.2, 0.25) is 0 Å². The van der Waals surface area contributed by atoms with Gasteiger partial charge in [-0.15, -0.1) is 0 Å². The van der Waals surface area contributed by atoms with Crippen LogP contribution in [0.5, 0.6) is 0 Å². The minimum Gasteiger partial charge on any atom is -0.302 e. The fraction of sp³-hybridized carbons (Fsp3) is 0.778. The Hall–Kier alpha value is -0.300. The molecule has 1 aliphatic heterocycles. The van der Waals surface area contributed by atoms with Crippen LogP contribution in [0.15, 0.2) is 11.1 Å². The van der Waals surface area contributed by atoms with E-state index in [0.717, 1.165) is 0 Å². The monoisotopic (exact) mass is 139 g/mol. The molecule has 1 nitrogen and oxygen atoms in total. The van der Waals surface area contributed by atoms with Crippen LogP contribution in [0, 0.1) is 0 Å². The van der Waals surface area contributed by atoms with E-state index in [1.165, 1.54) is 25.9 Å². The van der Waals surface area contributed by atoms with Crippen molar-refractivity contribution in [3.05, 3.63) is 11.1 Å². The molecule has 0 saturated carbocycles. The molecule has 0 unspecified atom stereocenters. The van der Waals surface area contributed by atoms with Gasteiger partial charge in [-0.3, -0.25) is 0 Å². The number of nitrogens with zero attached hydrogens (tertiary/aromatic N) is 1. The molecule has 0 aromatic carbocycles. The van der Waals surface area contributed by atoms with Gasteiger partial charge in [0.25, 0.3) is 0 Å². The Morgan fingerprint density at radius 2 is 2.20 bits per heavy atom. The largest absolute Gasteiger partial charge is 0.302 e. The lowest BCUT2D eigenvalue weighted by atomic mass is 10.0. The first kappa shape index (κ1) is 7.80. The lowest BCUT2D eigenvalue weighted by Gasteiger charge is -2.25. The van der Waals surface area contributed by atoms with Crippen molar-refractivity contribution in [2.45, 2.75) is 26.7 Å². The lowest BCUT2D eigenvalue weighted by molar-refractivity contribution is 0.344. The minimum absolute atomic E-state index is 1.20. The Morgan fingerprint density at radius 1 is 1.50 bits per heavy atom. The van der Waals surface area contributed by atoms with Crippen molar-refractivity contribution in [2.24, 2.45) is 0 Å². The molecule has 0 amide bonds. The summed E-state index contributed by atoms with van der Waals surface area (Å²) in [5.74, 6) is 0. The van der Waals surface area contributed by atoms with Crippen LogP contribution in [0.2, 0.25) is 0 Å². The van der Waals surface area contributed by atoms with Crippen LogP contribution < -0.4 is 0 Å². The molecule has 10 heavy (non-hydrogen) atoms. The molecule has 0 saturated heterocycles. The Kier molecular flexibility index (Phi) is 2.50. The number of likely N-dealkylation sites (N-methyl/N-ethyl adjacent to an activating group) is 1. The molecule has 0 atom stereocenters. The fourth-order valence-corrected chi connectivity index (χ4v) is 1.49. The Balaban J connectivity index is 2.62. The summed E-state index contributed by atoms with van der Waals surface area (Å²) >= 11 is 0. The van der Waals surface area contributed by atoms with Crippen LogP contribution in [0.4, 0.5) is 0 Å². The number of hydrogen-bond acceptors (Lipinski definition) is 1. The maximum absolute atomic E-state index is 2.39. The van der Waals surface area contributed by atoms with Crippen LogP contribution in [0.25, 0.3) is 0 Å². The van der Waals surface area contributed by atoms with Gasteiger partial charge in [-0.05, 0) is 26.8 Å². The summed E-state index contributed by atoms with van der Waals surface area (Å²) in [4.78, 5) is 2.39. The van der Waals surface area contributed by atoms with Gasteiger partial charge in [-0.2, -0.15) is 0 Å². The van der Waals surface area contributed by atoms with Gasteiger partial charge in [-0.1, -0.05) is 18.1 Å². The first-order valence-electron chi connectivity index (χ1n) is 4.10. The molecule has 0 radical (unpaired) electrons. The molecule has 1 aliphatic rings. The first-order valence-corrected chi connectivity index (χ1v) is 4.10. The third-order valence-corrected chi connectivity index (χ3v) is 2.36. The molecule has 1 heterocycles. The van der Waals surface area contributed by atoms with Gasteiger partial charge >= 0.3 is 0 Å². The summed E-state index contributed by atoms with van der Waals surface area (Å²) < 4.78 is 0. The summed E-state index contributed by atoms with van der Waals surface area (Å²) in [5, 5.41) is 0. The summed E-state index contributed by atoms with van der Waals surface area (Å²) in [6, 6.07) is 0. The van der Waals surface area contributed by atoms with E-state index in [-0.39, 0.29) is 0 Å². The van der Waals surface area contributed by atoms with Crippen molar-refractivity contribution in [2.75, 3.05) is 20.1 Å². The molecule has 0 bridgehead atoms. The van der Waals surface area contributed by atoms with Gasteiger partial charge in [0.1, 0.15) is 0 Å². The highest BCUT2D eigenvalue weighted by atomic mass is 15.1. The van der Waals surface area contributed by atoms with Crippen LogP contribution >= 0.6 is 0 Å². The highest BCUT2D eigenvalue weighted by Crippen LogP contribution is 2.17. The predicted molar refractivity (Wildman–Crippen MR) is 45.1 cm³/mol. The molecule has 1 rings (SSSR count). The molecule has 0 N–H and O–H groups in total. The van der Waals surface area contributed by atoms with Crippen molar-refractivity contribution in [3.63, 3.8) is 0 Å². The van der Waals surface area contributed by atoms with E-state index in [4.69, 9.17) is 0 Å². The molecule has 0 aromatic rings. The van der Waals surface area contributed by atoms with Crippen LogP contribution in [0.3, 0.4) is 0 Å². The average Bonchev–Trinajstić information content (AvgIpc) is 1.94. The van der Waals surface area contributed by atoms with Crippen molar-refractivity contribution in [1.29, 1.82) is 0 Å². The molecule has 0 fully saturated rings. The van der Waals surface area contributed by atoms with E-state index in [2.05, 4.69) is 25.8 Å². The highest BCUT2D eigenvalue weighted by Gasteiger charge is 2.10. The van der Waals surface area contributed by atoms with Crippen molar-refractivity contribution >= 4 is 0 Å². The van der Waals surface area contributed by atoms with Crippen molar-refractivity contribution in [1.82, 2.24) is 4.90 Å². The maximum Gasteiger partial charge on any atom is 0.0192 e. The Labute approximate surface area is 63.7 Å². The zero-order chi connectivity index (χ0) is 7.56. The summed E-state index contributed by atoms with van der Waals surface area (Å²) in [6.07, 6.45) is 2.51. The second kappa shape index (κ2) is 3.20. The first-order chi connectivity index (χ1) is 4.74. The highest BCUT2D eigenvalue weighted by molar-refractivity contribution is 5.16. The molecule has 1 heteroatoms. The zero-order valence-electron chi connectivity index (χ0n) is 7.28. The predicted octanol–water partition coefficient (Wildman–Crippen LogP) is 2.05. The second-order valence-corrected chi connectivity index (χ2v) is 3.23. The summed E-state index contributed by atoms with van der Waals surface area (Å²) in [6.45, 7) is 6.96. The van der Waals surface area contributed by atoms with Crippen LogP contribution in [0.1, 0.15) is 26.7 Å². The topological polar surface area (TPSA) is 3.24 Å². The molecule has 0 aromatic heterocycles. The van der Waals surface area contributed by atoms with Crippen molar-refractivity contribution in [3.8, 4) is 0 Å². The molecular weight excluding hydrogens is 122 g/mol. The zero-order valence-corrected chi connectivity index (χ0v) is 7.28. The number of hydrogen-bond donors (Lipinski definition) is 0. The van der Waals surface area contributed by atoms with Crippen molar-refractivity contribution < 1.29 is 0 Å². The standard InChI is InChI=1S/C9H17N/c1-4-9-7-10(3)6-5-8(9)2/h4-7H2,1-3H3. The van der Waals surface area contributed by atoms with Gasteiger partial charge in [-0.25, -0.2) is 0 Å². The molecular formula is C9H17N. The van der Waals surface area contributed by atoms with Crippen LogP contribution in [-0.2, 0) is 0 Å². The van der Waals surface area contributed by atoms with E-state index in [1.807, 2.05) is 0 Å². The Bertz CT molecular complexity index is 147. The second-order valence-electron chi connectivity index (χ2n) is 3.23. The number of rotatable bonds is 1. The molecule has 0 aliphatic carbocycles. The van der Waals surface area contributed by atoms with E-state index in [0.29, 0.717) is 0 Å².